The van der Waals surface area contributed by atoms with Gasteiger partial charge in [-0.3, -0.25) is 4.98 Å². The first kappa shape index (κ1) is 15.8. The third-order valence-electron chi connectivity index (χ3n) is 6.16. The van der Waals surface area contributed by atoms with Crippen molar-refractivity contribution in [1.82, 2.24) is 14.5 Å². The number of nitrogens with zero attached hydrogens (tertiary/aromatic N) is 2. The van der Waals surface area contributed by atoms with Crippen molar-refractivity contribution in [2.75, 3.05) is 0 Å². The van der Waals surface area contributed by atoms with E-state index < -0.39 is 0 Å². The number of para-hydroxylation sites is 2. The quantitative estimate of drug-likeness (QED) is 0.326. The first-order valence-corrected chi connectivity index (χ1v) is 10.2. The maximum Gasteiger partial charge on any atom is 0.0970 e. The molecule has 1 N–H and O–H groups in total. The smallest absolute Gasteiger partial charge is 0.0970 e. The minimum Gasteiger partial charge on any atom is -0.354 e. The van der Waals surface area contributed by atoms with Crippen LogP contribution in [0.15, 0.2) is 97.2 Å². The van der Waals surface area contributed by atoms with E-state index in [-0.39, 0.29) is 0 Å². The van der Waals surface area contributed by atoms with Crippen molar-refractivity contribution < 1.29 is 0 Å². The van der Waals surface area contributed by atoms with Gasteiger partial charge >= 0.3 is 0 Å². The van der Waals surface area contributed by atoms with E-state index in [0.717, 1.165) is 22.2 Å². The number of fused-ring (bicyclic) bond motifs is 9. The number of pyridine rings is 1. The van der Waals surface area contributed by atoms with Gasteiger partial charge in [-0.2, -0.15) is 0 Å². The fourth-order valence-electron chi connectivity index (χ4n) is 4.90. The molecule has 0 radical (unpaired) electrons. The Morgan fingerprint density at radius 1 is 0.633 bits per heavy atom. The van der Waals surface area contributed by atoms with Gasteiger partial charge in [-0.1, -0.05) is 54.6 Å². The molecule has 0 spiro atoms. The molecule has 0 amide bonds. The number of benzene rings is 4. The molecule has 30 heavy (non-hydrogen) atoms. The lowest BCUT2D eigenvalue weighted by Crippen LogP contribution is -1.93. The number of hydrogen-bond donors (Lipinski definition) is 1. The molecule has 0 aliphatic heterocycles. The SMILES string of the molecule is c1ccc(-n2c3cccnc3c3c4c(ccc5c6ccccc6[nH]c54)ccc32)cc1. The van der Waals surface area contributed by atoms with Gasteiger partial charge in [0.1, 0.15) is 0 Å². The Kier molecular flexibility index (Phi) is 3.00. The topological polar surface area (TPSA) is 33.6 Å². The van der Waals surface area contributed by atoms with Gasteiger partial charge in [0.15, 0.2) is 0 Å². The third-order valence-corrected chi connectivity index (χ3v) is 6.16. The zero-order valence-corrected chi connectivity index (χ0v) is 16.1. The predicted octanol–water partition coefficient (Wildman–Crippen LogP) is 6.97. The van der Waals surface area contributed by atoms with E-state index in [9.17, 15) is 0 Å². The van der Waals surface area contributed by atoms with Crippen LogP contribution in [-0.4, -0.2) is 14.5 Å². The van der Waals surface area contributed by atoms with Crippen LogP contribution in [0.1, 0.15) is 0 Å². The number of nitrogens with one attached hydrogen (secondary N) is 1. The second-order valence-corrected chi connectivity index (χ2v) is 7.76. The first-order valence-electron chi connectivity index (χ1n) is 10.2. The van der Waals surface area contributed by atoms with Crippen LogP contribution >= 0.6 is 0 Å². The largest absolute Gasteiger partial charge is 0.354 e. The standard InChI is InChI=1S/C27H17N3/c1-2-7-18(8-3-1)30-22-15-13-17-12-14-20-19-9-4-5-10-21(19)29-26(20)24(17)25(22)27-23(30)11-6-16-28-27/h1-16,29H. The summed E-state index contributed by atoms with van der Waals surface area (Å²) in [6, 6.07) is 32.1. The molecular weight excluding hydrogens is 366 g/mol. The molecule has 0 unspecified atom stereocenters. The van der Waals surface area contributed by atoms with Crippen LogP contribution in [0.3, 0.4) is 0 Å². The van der Waals surface area contributed by atoms with Gasteiger partial charge in [0, 0.05) is 38.9 Å². The summed E-state index contributed by atoms with van der Waals surface area (Å²) in [4.78, 5) is 8.52. The van der Waals surface area contributed by atoms with Crippen molar-refractivity contribution in [1.29, 1.82) is 0 Å². The minimum atomic E-state index is 1.04. The molecule has 7 aromatic rings. The van der Waals surface area contributed by atoms with Crippen molar-refractivity contribution in [3.05, 3.63) is 97.2 Å². The Bertz CT molecular complexity index is 1740. The molecule has 3 heteroatoms. The summed E-state index contributed by atoms with van der Waals surface area (Å²) in [7, 11) is 0. The third kappa shape index (κ3) is 1.96. The zero-order valence-electron chi connectivity index (χ0n) is 16.1. The van der Waals surface area contributed by atoms with Crippen LogP contribution in [0.4, 0.5) is 0 Å². The van der Waals surface area contributed by atoms with Gasteiger partial charge in [0.2, 0.25) is 0 Å². The van der Waals surface area contributed by atoms with E-state index in [1.165, 1.54) is 38.0 Å². The van der Waals surface area contributed by atoms with Crippen LogP contribution in [0, 0.1) is 0 Å². The second-order valence-electron chi connectivity index (χ2n) is 7.76. The van der Waals surface area contributed by atoms with E-state index >= 15 is 0 Å². The number of H-pyrrole nitrogens is 1. The molecule has 0 saturated heterocycles. The summed E-state index contributed by atoms with van der Waals surface area (Å²) in [5.74, 6) is 0. The number of aromatic amines is 1. The van der Waals surface area contributed by atoms with Crippen molar-refractivity contribution >= 4 is 54.5 Å². The van der Waals surface area contributed by atoms with Gasteiger partial charge in [-0.05, 0) is 41.8 Å². The van der Waals surface area contributed by atoms with Gasteiger partial charge in [-0.25, -0.2) is 0 Å². The summed E-state index contributed by atoms with van der Waals surface area (Å²) in [6.45, 7) is 0. The lowest BCUT2D eigenvalue weighted by Gasteiger charge is -2.08. The van der Waals surface area contributed by atoms with E-state index in [4.69, 9.17) is 4.98 Å². The zero-order chi connectivity index (χ0) is 19.7. The number of aromatic nitrogens is 3. The second kappa shape index (κ2) is 5.71. The van der Waals surface area contributed by atoms with Gasteiger partial charge in [-0.15, -0.1) is 0 Å². The summed E-state index contributed by atoms with van der Waals surface area (Å²) >= 11 is 0. The van der Waals surface area contributed by atoms with Gasteiger partial charge in [0.25, 0.3) is 0 Å². The molecule has 3 nitrogen and oxygen atoms in total. The van der Waals surface area contributed by atoms with Gasteiger partial charge in [0.05, 0.1) is 22.1 Å². The summed E-state index contributed by atoms with van der Waals surface area (Å²) < 4.78 is 2.32. The molecule has 7 rings (SSSR count). The molecule has 0 bridgehead atoms. The molecule has 0 aliphatic rings. The number of rotatable bonds is 1. The average molecular weight is 383 g/mol. The Labute approximate surface area is 172 Å². The fraction of sp³-hybridized carbons (Fsp3) is 0. The van der Waals surface area contributed by atoms with E-state index in [1.54, 1.807) is 0 Å². The highest BCUT2D eigenvalue weighted by molar-refractivity contribution is 6.29. The summed E-state index contributed by atoms with van der Waals surface area (Å²) in [6.07, 6.45) is 1.89. The molecule has 0 aliphatic carbocycles. The first-order chi connectivity index (χ1) is 14.9. The Balaban J connectivity index is 1.78. The molecule has 4 aromatic carbocycles. The molecule has 0 atom stereocenters. The highest BCUT2D eigenvalue weighted by Gasteiger charge is 2.18. The van der Waals surface area contributed by atoms with Crippen LogP contribution < -0.4 is 0 Å². The molecule has 3 aromatic heterocycles. The van der Waals surface area contributed by atoms with Crippen LogP contribution in [0.2, 0.25) is 0 Å². The maximum absolute atomic E-state index is 4.83. The monoisotopic (exact) mass is 383 g/mol. The fourth-order valence-corrected chi connectivity index (χ4v) is 4.90. The van der Waals surface area contributed by atoms with Gasteiger partial charge < -0.3 is 9.55 Å². The Hall–Kier alpha value is -4.11. The highest BCUT2D eigenvalue weighted by Crippen LogP contribution is 2.40. The Morgan fingerprint density at radius 2 is 1.47 bits per heavy atom. The van der Waals surface area contributed by atoms with E-state index in [0.29, 0.717) is 0 Å². The lowest BCUT2D eigenvalue weighted by atomic mass is 10.0. The van der Waals surface area contributed by atoms with E-state index in [1.807, 2.05) is 12.3 Å². The summed E-state index contributed by atoms with van der Waals surface area (Å²) in [5.41, 5.74) is 6.82. The summed E-state index contributed by atoms with van der Waals surface area (Å²) in [5, 5.41) is 6.16. The molecule has 3 heterocycles. The predicted molar refractivity (Wildman–Crippen MR) is 125 cm³/mol. The molecule has 140 valence electrons. The lowest BCUT2D eigenvalue weighted by molar-refractivity contribution is 1.18. The molecule has 0 fully saturated rings. The highest BCUT2D eigenvalue weighted by atomic mass is 15.0. The van der Waals surface area contributed by atoms with Crippen molar-refractivity contribution in [3.8, 4) is 5.69 Å². The average Bonchev–Trinajstić information content (AvgIpc) is 3.35. The van der Waals surface area contributed by atoms with E-state index in [2.05, 4.69) is 94.5 Å². The van der Waals surface area contributed by atoms with Crippen molar-refractivity contribution in [2.24, 2.45) is 0 Å². The van der Waals surface area contributed by atoms with Crippen molar-refractivity contribution in [2.45, 2.75) is 0 Å². The minimum absolute atomic E-state index is 1.04. The van der Waals surface area contributed by atoms with Crippen LogP contribution in [0.25, 0.3) is 60.2 Å². The Morgan fingerprint density at radius 3 is 2.40 bits per heavy atom. The van der Waals surface area contributed by atoms with Crippen molar-refractivity contribution in [3.63, 3.8) is 0 Å². The van der Waals surface area contributed by atoms with Crippen LogP contribution in [-0.2, 0) is 0 Å². The molecular formula is C27H17N3. The molecule has 0 saturated carbocycles. The maximum atomic E-state index is 4.83. The number of hydrogen-bond acceptors (Lipinski definition) is 1. The normalized spacial score (nSPS) is 12.0. The van der Waals surface area contributed by atoms with Crippen LogP contribution in [0.5, 0.6) is 0 Å².